The zero-order valence-electron chi connectivity index (χ0n) is 16.3. The van der Waals surface area contributed by atoms with Crippen molar-refractivity contribution in [3.63, 3.8) is 0 Å². The van der Waals surface area contributed by atoms with Gasteiger partial charge in [0.05, 0.1) is 10.6 Å². The Morgan fingerprint density at radius 3 is 2.71 bits per heavy atom. The lowest BCUT2D eigenvalue weighted by Crippen LogP contribution is -2.26. The Bertz CT molecular complexity index is 1190. The van der Waals surface area contributed by atoms with Gasteiger partial charge in [-0.25, -0.2) is 13.1 Å². The van der Waals surface area contributed by atoms with Crippen LogP contribution in [0.1, 0.15) is 21.5 Å². The first-order valence-electron chi connectivity index (χ1n) is 8.97. The van der Waals surface area contributed by atoms with E-state index in [0.717, 1.165) is 17.1 Å². The Balaban J connectivity index is 1.51. The standard InChI is InChI=1S/C19H18Cl2N4O3S3/c1-12-3-2-4-13(9-12)11-29-8-7-22-31(27,28)19-25-24-18(30-19)23-17(26)15-6-5-14(20)10-16(15)21/h2-6,9-10,22H,7-8,11H2,1H3,(H,23,24,26). The van der Waals surface area contributed by atoms with Crippen molar-refractivity contribution in [1.82, 2.24) is 14.9 Å². The molecule has 2 aromatic carbocycles. The highest BCUT2D eigenvalue weighted by Crippen LogP contribution is 2.24. The minimum atomic E-state index is -3.82. The van der Waals surface area contributed by atoms with Crippen LogP contribution in [0.2, 0.25) is 10.0 Å². The molecule has 0 fully saturated rings. The summed E-state index contributed by atoms with van der Waals surface area (Å²) in [5.41, 5.74) is 2.57. The van der Waals surface area contributed by atoms with Crippen molar-refractivity contribution in [3.8, 4) is 0 Å². The van der Waals surface area contributed by atoms with Crippen LogP contribution >= 0.6 is 46.3 Å². The molecular formula is C19H18Cl2N4O3S3. The van der Waals surface area contributed by atoms with Gasteiger partial charge in [-0.15, -0.1) is 10.2 Å². The van der Waals surface area contributed by atoms with E-state index in [0.29, 0.717) is 10.8 Å². The van der Waals surface area contributed by atoms with Crippen molar-refractivity contribution in [3.05, 3.63) is 69.2 Å². The normalized spacial score (nSPS) is 11.5. The Hall–Kier alpha value is -1.69. The van der Waals surface area contributed by atoms with E-state index < -0.39 is 15.9 Å². The number of carbonyl (C=O) groups is 1. The minimum Gasteiger partial charge on any atom is -0.296 e. The Morgan fingerprint density at radius 1 is 1.16 bits per heavy atom. The zero-order valence-corrected chi connectivity index (χ0v) is 20.2. The van der Waals surface area contributed by atoms with Gasteiger partial charge in [0.1, 0.15) is 0 Å². The number of sulfonamides is 1. The molecule has 3 aromatic rings. The predicted octanol–water partition coefficient (Wildman–Crippen LogP) is 4.62. The van der Waals surface area contributed by atoms with Gasteiger partial charge in [0.2, 0.25) is 9.47 Å². The average molecular weight is 517 g/mol. The second-order valence-corrected chi connectivity index (χ2v) is 11.3. The summed E-state index contributed by atoms with van der Waals surface area (Å²) in [6, 6.07) is 12.6. The van der Waals surface area contributed by atoms with Gasteiger partial charge >= 0.3 is 0 Å². The van der Waals surface area contributed by atoms with E-state index in [-0.39, 0.29) is 26.6 Å². The number of hydrogen-bond donors (Lipinski definition) is 2. The summed E-state index contributed by atoms with van der Waals surface area (Å²) < 4.78 is 27.1. The first-order valence-corrected chi connectivity index (χ1v) is 13.2. The third-order valence-electron chi connectivity index (χ3n) is 3.92. The molecule has 1 heterocycles. The maximum atomic E-state index is 12.4. The molecule has 0 saturated carbocycles. The summed E-state index contributed by atoms with van der Waals surface area (Å²) in [6.07, 6.45) is 0. The Morgan fingerprint density at radius 2 is 1.97 bits per heavy atom. The first kappa shape index (κ1) is 24.0. The number of nitrogens with one attached hydrogen (secondary N) is 2. The molecule has 3 rings (SSSR count). The van der Waals surface area contributed by atoms with Crippen molar-refractivity contribution in [2.75, 3.05) is 17.6 Å². The minimum absolute atomic E-state index is 0.0465. The van der Waals surface area contributed by atoms with E-state index in [4.69, 9.17) is 23.2 Å². The van der Waals surface area contributed by atoms with Gasteiger partial charge in [0, 0.05) is 23.1 Å². The van der Waals surface area contributed by atoms with Gasteiger partial charge < -0.3 is 0 Å². The van der Waals surface area contributed by atoms with Crippen molar-refractivity contribution in [1.29, 1.82) is 0 Å². The van der Waals surface area contributed by atoms with Crippen LogP contribution in [-0.4, -0.2) is 36.8 Å². The highest BCUT2D eigenvalue weighted by atomic mass is 35.5. The second-order valence-electron chi connectivity index (χ2n) is 6.39. The van der Waals surface area contributed by atoms with E-state index in [9.17, 15) is 13.2 Å². The molecule has 0 spiro atoms. The number of hydrogen-bond acceptors (Lipinski definition) is 7. The van der Waals surface area contributed by atoms with Crippen molar-refractivity contribution >= 4 is 67.4 Å². The summed E-state index contributed by atoms with van der Waals surface area (Å²) in [5.74, 6) is 0.860. The third-order valence-corrected chi connectivity index (χ3v) is 8.17. The number of amides is 1. The molecule has 0 saturated heterocycles. The zero-order chi connectivity index (χ0) is 22.4. The van der Waals surface area contributed by atoms with E-state index in [1.165, 1.54) is 29.3 Å². The average Bonchev–Trinajstić information content (AvgIpc) is 3.17. The molecule has 7 nitrogen and oxygen atoms in total. The van der Waals surface area contributed by atoms with E-state index in [1.807, 2.05) is 25.1 Å². The van der Waals surface area contributed by atoms with Gasteiger partial charge in [-0.2, -0.15) is 11.8 Å². The van der Waals surface area contributed by atoms with E-state index in [1.54, 1.807) is 11.8 Å². The van der Waals surface area contributed by atoms with Crippen LogP contribution in [0, 0.1) is 6.92 Å². The summed E-state index contributed by atoms with van der Waals surface area (Å²) in [6.45, 7) is 2.28. The highest BCUT2D eigenvalue weighted by Gasteiger charge is 2.21. The monoisotopic (exact) mass is 516 g/mol. The largest absolute Gasteiger partial charge is 0.296 e. The molecule has 0 bridgehead atoms. The molecule has 0 aliphatic rings. The van der Waals surface area contributed by atoms with Gasteiger partial charge in [-0.3, -0.25) is 10.1 Å². The van der Waals surface area contributed by atoms with Crippen molar-refractivity contribution in [2.45, 2.75) is 17.0 Å². The maximum Gasteiger partial charge on any atom is 0.269 e. The number of rotatable bonds is 9. The fourth-order valence-electron chi connectivity index (χ4n) is 2.51. The smallest absolute Gasteiger partial charge is 0.269 e. The lowest BCUT2D eigenvalue weighted by Gasteiger charge is -2.05. The molecular weight excluding hydrogens is 499 g/mol. The molecule has 0 radical (unpaired) electrons. The molecule has 1 aromatic heterocycles. The molecule has 0 aliphatic carbocycles. The number of nitrogens with zero attached hydrogens (tertiary/aromatic N) is 2. The molecule has 164 valence electrons. The van der Waals surface area contributed by atoms with Crippen molar-refractivity contribution < 1.29 is 13.2 Å². The molecule has 12 heteroatoms. The van der Waals surface area contributed by atoms with Gasteiger partial charge in [-0.1, -0.05) is 64.4 Å². The van der Waals surface area contributed by atoms with Crippen LogP contribution in [0.4, 0.5) is 5.13 Å². The molecule has 0 unspecified atom stereocenters. The first-order chi connectivity index (χ1) is 14.7. The van der Waals surface area contributed by atoms with E-state index in [2.05, 4.69) is 26.3 Å². The summed E-state index contributed by atoms with van der Waals surface area (Å²) in [4.78, 5) is 12.3. The second kappa shape index (κ2) is 10.8. The molecule has 31 heavy (non-hydrogen) atoms. The van der Waals surface area contributed by atoms with Crippen LogP contribution < -0.4 is 10.0 Å². The van der Waals surface area contributed by atoms with E-state index >= 15 is 0 Å². The Labute approximate surface area is 198 Å². The van der Waals surface area contributed by atoms with Gasteiger partial charge in [0.25, 0.3) is 15.9 Å². The lowest BCUT2D eigenvalue weighted by molar-refractivity contribution is 0.102. The van der Waals surface area contributed by atoms with Crippen LogP contribution in [0.15, 0.2) is 46.8 Å². The number of benzene rings is 2. The fraction of sp³-hybridized carbons (Fsp3) is 0.211. The third kappa shape index (κ3) is 6.90. The van der Waals surface area contributed by atoms with Crippen LogP contribution in [0.3, 0.4) is 0 Å². The number of aromatic nitrogens is 2. The number of anilines is 1. The van der Waals surface area contributed by atoms with Crippen molar-refractivity contribution in [2.24, 2.45) is 0 Å². The lowest BCUT2D eigenvalue weighted by atomic mass is 10.2. The van der Waals surface area contributed by atoms with Crippen LogP contribution in [0.5, 0.6) is 0 Å². The topological polar surface area (TPSA) is 101 Å². The SMILES string of the molecule is Cc1cccc(CSCCNS(=O)(=O)c2nnc(NC(=O)c3ccc(Cl)cc3Cl)s2)c1. The van der Waals surface area contributed by atoms with Crippen LogP contribution in [-0.2, 0) is 15.8 Å². The van der Waals surface area contributed by atoms with Gasteiger partial charge in [-0.05, 0) is 30.7 Å². The summed E-state index contributed by atoms with van der Waals surface area (Å²) >= 11 is 14.2. The maximum absolute atomic E-state index is 12.4. The van der Waals surface area contributed by atoms with Gasteiger partial charge in [0.15, 0.2) is 0 Å². The molecule has 0 atom stereocenters. The number of thioether (sulfide) groups is 1. The number of halogens is 2. The number of aryl methyl sites for hydroxylation is 1. The number of carbonyl (C=O) groups excluding carboxylic acids is 1. The van der Waals surface area contributed by atoms with Crippen LogP contribution in [0.25, 0.3) is 0 Å². The summed E-state index contributed by atoms with van der Waals surface area (Å²) in [7, 11) is -3.82. The Kier molecular flexibility index (Phi) is 8.31. The molecule has 2 N–H and O–H groups in total. The fourth-order valence-corrected chi connectivity index (χ4v) is 5.91. The molecule has 1 amide bonds. The highest BCUT2D eigenvalue weighted by molar-refractivity contribution is 7.98. The molecule has 0 aliphatic heterocycles. The summed E-state index contributed by atoms with van der Waals surface area (Å²) in [5, 5.41) is 10.5. The quantitative estimate of drug-likeness (QED) is 0.318. The predicted molar refractivity (Wildman–Crippen MR) is 127 cm³/mol.